The van der Waals surface area contributed by atoms with Crippen LogP contribution in [0.3, 0.4) is 0 Å². The van der Waals surface area contributed by atoms with Crippen LogP contribution in [0.25, 0.3) is 0 Å². The van der Waals surface area contributed by atoms with E-state index in [0.29, 0.717) is 0 Å². The summed E-state index contributed by atoms with van der Waals surface area (Å²) < 4.78 is 7.89. The van der Waals surface area contributed by atoms with Gasteiger partial charge in [0.15, 0.2) is 0 Å². The zero-order valence-corrected chi connectivity index (χ0v) is 16.0. The van der Waals surface area contributed by atoms with Crippen LogP contribution in [0.5, 0.6) is 0 Å². The molecule has 0 saturated carbocycles. The first-order valence-corrected chi connectivity index (χ1v) is 9.35. The zero-order chi connectivity index (χ0) is 20.5. The Labute approximate surface area is 162 Å². The van der Waals surface area contributed by atoms with Crippen LogP contribution in [0, 0.1) is 0 Å². The molecule has 0 saturated heterocycles. The SMILES string of the molecule is Cn1c(=O)n2n(c1=O)C(C)(c1ccccc1)C13C=CC(C21)n1c(=O)n(C)c(=O)n13. The van der Waals surface area contributed by atoms with Gasteiger partial charge in [0.2, 0.25) is 0 Å². The number of hydrogen-bond acceptors (Lipinski definition) is 4. The van der Waals surface area contributed by atoms with Crippen molar-refractivity contribution in [2.24, 2.45) is 14.1 Å². The Morgan fingerprint density at radius 2 is 1.38 bits per heavy atom. The average Bonchev–Trinajstić information content (AvgIpc) is 3.43. The number of nitrogens with zero attached hydrogens (tertiary/aromatic N) is 6. The average molecular weight is 394 g/mol. The maximum absolute atomic E-state index is 13.2. The molecule has 29 heavy (non-hydrogen) atoms. The van der Waals surface area contributed by atoms with Crippen molar-refractivity contribution in [3.8, 4) is 0 Å². The molecule has 0 N–H and O–H groups in total. The third-order valence-corrected chi connectivity index (χ3v) is 7.09. The van der Waals surface area contributed by atoms with Crippen LogP contribution in [-0.4, -0.2) is 27.9 Å². The second kappa shape index (κ2) is 4.53. The molecule has 10 heteroatoms. The predicted molar refractivity (Wildman–Crippen MR) is 102 cm³/mol. The van der Waals surface area contributed by atoms with Crippen molar-refractivity contribution < 1.29 is 0 Å². The molecule has 2 aromatic heterocycles. The van der Waals surface area contributed by atoms with Crippen molar-refractivity contribution in [2.75, 3.05) is 0 Å². The molecular formula is C19H18N6O4. The molecule has 3 aromatic rings. The van der Waals surface area contributed by atoms with E-state index in [4.69, 9.17) is 0 Å². The van der Waals surface area contributed by atoms with Crippen LogP contribution in [-0.2, 0) is 25.2 Å². The largest absolute Gasteiger partial charge is 0.347 e. The quantitative estimate of drug-likeness (QED) is 0.487. The molecule has 4 unspecified atom stereocenters. The molecule has 3 aliphatic rings. The third kappa shape index (κ3) is 1.35. The minimum Gasteiger partial charge on any atom is -0.246 e. The van der Waals surface area contributed by atoms with Crippen molar-refractivity contribution in [2.45, 2.75) is 30.1 Å². The fourth-order valence-electron chi connectivity index (χ4n) is 5.75. The molecule has 1 aliphatic carbocycles. The first-order chi connectivity index (χ1) is 13.8. The van der Waals surface area contributed by atoms with Crippen LogP contribution < -0.4 is 22.8 Å². The minimum absolute atomic E-state index is 0.439. The molecule has 10 nitrogen and oxygen atoms in total. The molecular weight excluding hydrogens is 376 g/mol. The number of aromatic nitrogens is 6. The Morgan fingerprint density at radius 1 is 0.793 bits per heavy atom. The second-order valence-electron chi connectivity index (χ2n) is 8.12. The molecule has 4 atom stereocenters. The van der Waals surface area contributed by atoms with Gasteiger partial charge in [-0.05, 0) is 12.5 Å². The minimum atomic E-state index is -1.10. The summed E-state index contributed by atoms with van der Waals surface area (Å²) in [7, 11) is 2.88. The van der Waals surface area contributed by atoms with Crippen LogP contribution in [0.4, 0.5) is 0 Å². The predicted octanol–water partition coefficient (Wildman–Crippen LogP) is -1.15. The highest BCUT2D eigenvalue weighted by atomic mass is 16.2. The van der Waals surface area contributed by atoms with Crippen LogP contribution in [0.15, 0.2) is 61.7 Å². The van der Waals surface area contributed by atoms with E-state index in [2.05, 4.69) is 0 Å². The summed E-state index contributed by atoms with van der Waals surface area (Å²) in [5, 5.41) is 0. The Hall–Kier alpha value is -3.56. The summed E-state index contributed by atoms with van der Waals surface area (Å²) in [5.41, 5.74) is -3.25. The van der Waals surface area contributed by atoms with Crippen LogP contribution >= 0.6 is 0 Å². The van der Waals surface area contributed by atoms with Crippen molar-refractivity contribution in [1.29, 1.82) is 0 Å². The van der Waals surface area contributed by atoms with Crippen LogP contribution in [0.2, 0.25) is 0 Å². The van der Waals surface area contributed by atoms with Crippen molar-refractivity contribution >= 4 is 0 Å². The van der Waals surface area contributed by atoms with E-state index in [9.17, 15) is 19.2 Å². The summed E-state index contributed by atoms with van der Waals surface area (Å²) in [6.45, 7) is 1.85. The van der Waals surface area contributed by atoms with Gasteiger partial charge in [0.1, 0.15) is 17.1 Å². The maximum Gasteiger partial charge on any atom is 0.347 e. The van der Waals surface area contributed by atoms with Gasteiger partial charge in [-0.1, -0.05) is 42.5 Å². The number of benzene rings is 1. The lowest BCUT2D eigenvalue weighted by Crippen LogP contribution is -2.56. The Bertz CT molecular complexity index is 1490. The second-order valence-corrected chi connectivity index (χ2v) is 8.12. The van der Waals surface area contributed by atoms with Gasteiger partial charge in [-0.15, -0.1) is 0 Å². The molecule has 0 fully saturated rings. The lowest BCUT2D eigenvalue weighted by atomic mass is 9.72. The topological polar surface area (TPSA) is 97.9 Å². The number of hydrogen-bond donors (Lipinski definition) is 0. The number of allylic oxidation sites excluding steroid dienone is 2. The first kappa shape index (κ1) is 16.4. The van der Waals surface area contributed by atoms with E-state index in [-0.39, 0.29) is 0 Å². The molecule has 0 spiro atoms. The fraction of sp³-hybridized carbons (Fsp3) is 0.368. The smallest absolute Gasteiger partial charge is 0.246 e. The van der Waals surface area contributed by atoms with E-state index < -0.39 is 45.9 Å². The highest BCUT2D eigenvalue weighted by molar-refractivity contribution is 5.42. The Morgan fingerprint density at radius 3 is 2.03 bits per heavy atom. The van der Waals surface area contributed by atoms with Crippen molar-refractivity contribution in [3.05, 3.63) is 90.0 Å². The van der Waals surface area contributed by atoms with E-state index in [1.165, 1.54) is 32.8 Å². The molecule has 0 amide bonds. The molecule has 0 radical (unpaired) electrons. The van der Waals surface area contributed by atoms with Crippen LogP contribution in [0.1, 0.15) is 24.6 Å². The Balaban J connectivity index is 1.86. The molecule has 2 bridgehead atoms. The summed E-state index contributed by atoms with van der Waals surface area (Å²) in [5.74, 6) is 0. The van der Waals surface area contributed by atoms with Gasteiger partial charge < -0.3 is 0 Å². The lowest BCUT2D eigenvalue weighted by molar-refractivity contribution is 0.177. The van der Waals surface area contributed by atoms with Gasteiger partial charge in [0.05, 0.1) is 6.04 Å². The Kier molecular flexibility index (Phi) is 2.56. The molecule has 6 rings (SSSR count). The summed E-state index contributed by atoms with van der Waals surface area (Å²) in [4.78, 5) is 52.2. The van der Waals surface area contributed by atoms with Gasteiger partial charge in [0, 0.05) is 14.1 Å². The van der Waals surface area contributed by atoms with E-state index >= 15 is 0 Å². The van der Waals surface area contributed by atoms with Crippen molar-refractivity contribution in [1.82, 2.24) is 27.9 Å². The standard InChI is InChI=1S/C19H18N6O4/c1-18(11-7-5-4-6-8-11)19-10-9-12(22-14(26)20(2)17(29)25(19)22)13(19)23-15(27)21(3)16(28)24(18)23/h4-10,12-13H,1-3H3. The highest BCUT2D eigenvalue weighted by Crippen LogP contribution is 2.62. The molecule has 4 heterocycles. The molecule has 1 aromatic carbocycles. The lowest BCUT2D eigenvalue weighted by Gasteiger charge is -2.40. The summed E-state index contributed by atoms with van der Waals surface area (Å²) in [6, 6.07) is 8.20. The summed E-state index contributed by atoms with van der Waals surface area (Å²) in [6.07, 6.45) is 3.75. The van der Waals surface area contributed by atoms with E-state index in [0.717, 1.165) is 14.7 Å². The number of rotatable bonds is 1. The monoisotopic (exact) mass is 394 g/mol. The van der Waals surface area contributed by atoms with Gasteiger partial charge >= 0.3 is 22.8 Å². The first-order valence-electron chi connectivity index (χ1n) is 9.35. The molecule has 148 valence electrons. The third-order valence-electron chi connectivity index (χ3n) is 7.09. The van der Waals surface area contributed by atoms with Gasteiger partial charge in [-0.3, -0.25) is 0 Å². The summed E-state index contributed by atoms with van der Waals surface area (Å²) >= 11 is 0. The van der Waals surface area contributed by atoms with E-state index in [1.807, 2.05) is 49.4 Å². The van der Waals surface area contributed by atoms with Gasteiger partial charge in [-0.2, -0.15) is 0 Å². The molecule has 2 aliphatic heterocycles. The fourth-order valence-corrected chi connectivity index (χ4v) is 5.75. The van der Waals surface area contributed by atoms with E-state index in [1.54, 1.807) is 0 Å². The highest BCUT2D eigenvalue weighted by Gasteiger charge is 2.73. The number of fused-ring (bicyclic) bond motifs is 3. The zero-order valence-electron chi connectivity index (χ0n) is 16.0. The van der Waals surface area contributed by atoms with Gasteiger partial charge in [-0.25, -0.2) is 47.0 Å². The normalized spacial score (nSPS) is 30.6. The van der Waals surface area contributed by atoms with Gasteiger partial charge in [0.25, 0.3) is 0 Å². The maximum atomic E-state index is 13.2. The van der Waals surface area contributed by atoms with Crippen molar-refractivity contribution in [3.63, 3.8) is 0 Å².